The summed E-state index contributed by atoms with van der Waals surface area (Å²) in [6.07, 6.45) is 1.86. The molecule has 0 N–H and O–H groups in total. The number of ether oxygens (including phenoxy) is 2. The lowest BCUT2D eigenvalue weighted by Gasteiger charge is -2.31. The summed E-state index contributed by atoms with van der Waals surface area (Å²) < 4.78 is 10.8. The van der Waals surface area contributed by atoms with E-state index in [4.69, 9.17) is 9.47 Å². The van der Waals surface area contributed by atoms with E-state index in [0.717, 1.165) is 11.1 Å². The Bertz CT molecular complexity index is 996. The normalized spacial score (nSPS) is 17.6. The summed E-state index contributed by atoms with van der Waals surface area (Å²) >= 11 is 0. The number of nitrogens with zero attached hydrogens (tertiary/aromatic N) is 1. The minimum atomic E-state index is -0.806. The van der Waals surface area contributed by atoms with Crippen LogP contribution >= 0.6 is 0 Å². The first kappa shape index (κ1) is 25.2. The van der Waals surface area contributed by atoms with Crippen LogP contribution in [0, 0.1) is 5.92 Å². The van der Waals surface area contributed by atoms with Gasteiger partial charge in [0.15, 0.2) is 0 Å². The Balaban J connectivity index is 1.94. The highest BCUT2D eigenvalue weighted by Gasteiger charge is 2.44. The van der Waals surface area contributed by atoms with Crippen molar-refractivity contribution in [2.75, 3.05) is 6.61 Å². The number of benzene rings is 2. The van der Waals surface area contributed by atoms with Crippen LogP contribution in [0.5, 0.6) is 0 Å². The molecule has 34 heavy (non-hydrogen) atoms. The molecule has 0 radical (unpaired) electrons. The summed E-state index contributed by atoms with van der Waals surface area (Å²) in [6, 6.07) is 18.7. The molecule has 0 saturated carbocycles. The molecule has 1 heterocycles. The minimum absolute atomic E-state index is 0.121. The van der Waals surface area contributed by atoms with Crippen LogP contribution in [0.15, 0.2) is 73.3 Å². The van der Waals surface area contributed by atoms with Gasteiger partial charge in [-0.15, -0.1) is 6.58 Å². The third-order valence-corrected chi connectivity index (χ3v) is 5.77. The number of allylic oxidation sites excluding steroid dienone is 1. The Morgan fingerprint density at radius 3 is 2.32 bits per heavy atom. The number of esters is 1. The third kappa shape index (κ3) is 6.56. The topological polar surface area (TPSA) is 72.9 Å². The Morgan fingerprint density at radius 1 is 1.12 bits per heavy atom. The predicted molar refractivity (Wildman–Crippen MR) is 130 cm³/mol. The molecule has 2 amide bonds. The van der Waals surface area contributed by atoms with Crippen molar-refractivity contribution >= 4 is 18.0 Å². The largest absolute Gasteiger partial charge is 0.460 e. The molecule has 6 heteroatoms. The van der Waals surface area contributed by atoms with Gasteiger partial charge in [0.1, 0.15) is 12.2 Å². The highest BCUT2D eigenvalue weighted by atomic mass is 16.6. The van der Waals surface area contributed by atoms with Crippen molar-refractivity contribution in [1.29, 1.82) is 0 Å². The van der Waals surface area contributed by atoms with E-state index >= 15 is 0 Å². The van der Waals surface area contributed by atoms with Crippen molar-refractivity contribution in [3.8, 4) is 0 Å². The average molecular weight is 464 g/mol. The van der Waals surface area contributed by atoms with Gasteiger partial charge in [-0.2, -0.15) is 0 Å². The molecule has 3 rings (SSSR count). The molecule has 6 nitrogen and oxygen atoms in total. The van der Waals surface area contributed by atoms with Crippen LogP contribution in [0.25, 0.3) is 0 Å². The summed E-state index contributed by atoms with van der Waals surface area (Å²) in [5, 5.41) is 0. The molecule has 2 aromatic carbocycles. The molecular formula is C28H33NO5. The second-order valence-electron chi connectivity index (χ2n) is 9.57. The van der Waals surface area contributed by atoms with Gasteiger partial charge in [-0.05, 0) is 50.7 Å². The first-order valence-electron chi connectivity index (χ1n) is 11.6. The van der Waals surface area contributed by atoms with Crippen molar-refractivity contribution < 1.29 is 23.9 Å². The van der Waals surface area contributed by atoms with Gasteiger partial charge in [-0.25, -0.2) is 9.69 Å². The molecule has 0 aromatic heterocycles. The van der Waals surface area contributed by atoms with Gasteiger partial charge in [0.2, 0.25) is 5.91 Å². The van der Waals surface area contributed by atoms with Crippen molar-refractivity contribution in [1.82, 2.24) is 4.90 Å². The van der Waals surface area contributed by atoms with E-state index in [1.165, 1.54) is 4.90 Å². The lowest BCUT2D eigenvalue weighted by atomic mass is 9.80. The lowest BCUT2D eigenvalue weighted by molar-refractivity contribution is -0.158. The zero-order valence-corrected chi connectivity index (χ0v) is 20.1. The number of hydrogen-bond acceptors (Lipinski definition) is 5. The number of imide groups is 1. The second-order valence-corrected chi connectivity index (χ2v) is 9.57. The molecule has 2 unspecified atom stereocenters. The van der Waals surface area contributed by atoms with Gasteiger partial charge in [0, 0.05) is 0 Å². The molecule has 1 aliphatic heterocycles. The Hall–Kier alpha value is -3.41. The Kier molecular flexibility index (Phi) is 8.26. The highest BCUT2D eigenvalue weighted by Crippen LogP contribution is 2.35. The van der Waals surface area contributed by atoms with E-state index in [0.29, 0.717) is 12.8 Å². The van der Waals surface area contributed by atoms with Gasteiger partial charge in [-0.3, -0.25) is 9.59 Å². The highest BCUT2D eigenvalue weighted by molar-refractivity contribution is 5.96. The van der Waals surface area contributed by atoms with Gasteiger partial charge >= 0.3 is 12.1 Å². The summed E-state index contributed by atoms with van der Waals surface area (Å²) in [5.74, 6) is -2.06. The maximum absolute atomic E-state index is 13.9. The maximum atomic E-state index is 13.9. The van der Waals surface area contributed by atoms with Crippen LogP contribution in [-0.4, -0.2) is 41.1 Å². The molecule has 0 spiro atoms. The van der Waals surface area contributed by atoms with E-state index in [1.54, 1.807) is 26.8 Å². The van der Waals surface area contributed by atoms with Crippen LogP contribution in [0.2, 0.25) is 0 Å². The van der Waals surface area contributed by atoms with E-state index < -0.39 is 35.5 Å². The van der Waals surface area contributed by atoms with Crippen LogP contribution in [0.4, 0.5) is 4.79 Å². The lowest BCUT2D eigenvalue weighted by Crippen LogP contribution is -2.46. The number of carbonyl (C=O) groups is 3. The van der Waals surface area contributed by atoms with Crippen LogP contribution in [0.3, 0.4) is 0 Å². The number of amides is 2. The Labute approximate surface area is 201 Å². The van der Waals surface area contributed by atoms with Crippen molar-refractivity contribution in [2.24, 2.45) is 5.92 Å². The number of rotatable bonds is 9. The van der Waals surface area contributed by atoms with Gasteiger partial charge < -0.3 is 9.47 Å². The zero-order chi connectivity index (χ0) is 24.7. The van der Waals surface area contributed by atoms with E-state index in [2.05, 4.69) is 6.58 Å². The molecule has 3 atom stereocenters. The smallest absolute Gasteiger partial charge is 0.416 e. The van der Waals surface area contributed by atoms with Crippen molar-refractivity contribution in [3.63, 3.8) is 0 Å². The second kappa shape index (κ2) is 11.1. The average Bonchev–Trinajstić information content (AvgIpc) is 3.15. The third-order valence-electron chi connectivity index (χ3n) is 5.77. The summed E-state index contributed by atoms with van der Waals surface area (Å²) in [4.78, 5) is 40.7. The fraction of sp³-hybridized carbons (Fsp3) is 0.393. The first-order valence-corrected chi connectivity index (χ1v) is 11.6. The van der Waals surface area contributed by atoms with Crippen molar-refractivity contribution in [3.05, 3.63) is 84.4 Å². The van der Waals surface area contributed by atoms with Crippen LogP contribution < -0.4 is 0 Å². The fourth-order valence-electron chi connectivity index (χ4n) is 4.32. The fourth-order valence-corrected chi connectivity index (χ4v) is 4.32. The van der Waals surface area contributed by atoms with Gasteiger partial charge in [0.25, 0.3) is 0 Å². The molecule has 1 saturated heterocycles. The molecule has 2 aromatic rings. The zero-order valence-electron chi connectivity index (χ0n) is 20.1. The quantitative estimate of drug-likeness (QED) is 0.373. The summed E-state index contributed by atoms with van der Waals surface area (Å²) in [6.45, 7) is 9.33. The molecule has 0 bridgehead atoms. The van der Waals surface area contributed by atoms with Crippen molar-refractivity contribution in [2.45, 2.75) is 57.6 Å². The van der Waals surface area contributed by atoms with Gasteiger partial charge in [-0.1, -0.05) is 66.7 Å². The van der Waals surface area contributed by atoms with Crippen LogP contribution in [0.1, 0.15) is 50.7 Å². The number of cyclic esters (lactones) is 1. The molecule has 0 aliphatic carbocycles. The molecule has 1 fully saturated rings. The predicted octanol–water partition coefficient (Wildman–Crippen LogP) is 5.28. The summed E-state index contributed by atoms with van der Waals surface area (Å²) in [5.41, 5.74) is 1.21. The van der Waals surface area contributed by atoms with Gasteiger partial charge in [0.05, 0.1) is 18.4 Å². The molecule has 1 aliphatic rings. The number of hydrogen-bond donors (Lipinski definition) is 0. The van der Waals surface area contributed by atoms with E-state index in [9.17, 15) is 14.4 Å². The Morgan fingerprint density at radius 2 is 1.74 bits per heavy atom. The molecule has 180 valence electrons. The monoisotopic (exact) mass is 463 g/mol. The minimum Gasteiger partial charge on any atom is -0.460 e. The van der Waals surface area contributed by atoms with E-state index in [1.807, 2.05) is 60.7 Å². The maximum Gasteiger partial charge on any atom is 0.416 e. The number of carbonyl (C=O) groups excluding carboxylic acids is 3. The molecular weight excluding hydrogens is 430 g/mol. The van der Waals surface area contributed by atoms with E-state index in [-0.39, 0.29) is 18.9 Å². The van der Waals surface area contributed by atoms with Crippen LogP contribution in [-0.2, 0) is 25.5 Å². The summed E-state index contributed by atoms with van der Waals surface area (Å²) in [7, 11) is 0. The SMILES string of the molecule is C=CC[C@H](c1ccccc1)C(CC(=O)OC(C)(C)C)C(=O)N1C(=O)OCC1Cc1ccccc1. The standard InChI is InChI=1S/C28H33NO5/c1-5-12-23(21-15-10-7-11-16-21)24(18-25(30)34-28(2,3)4)26(31)29-22(19-33-27(29)32)17-20-13-8-6-9-14-20/h5-11,13-16,22-24H,1,12,17-19H2,2-4H3/t22?,23-,24?/m1/s1. The first-order chi connectivity index (χ1) is 16.2.